The van der Waals surface area contributed by atoms with Gasteiger partial charge in [0.25, 0.3) is 0 Å². The van der Waals surface area contributed by atoms with Crippen molar-refractivity contribution >= 4 is 0 Å². The van der Waals surface area contributed by atoms with Gasteiger partial charge in [-0.15, -0.1) is 0 Å². The van der Waals surface area contributed by atoms with E-state index in [1.54, 1.807) is 0 Å². The van der Waals surface area contributed by atoms with E-state index >= 15 is 0 Å². The molecule has 0 bridgehead atoms. The average Bonchev–Trinajstić information content (AvgIpc) is 2.50. The number of hydrogen-bond donors (Lipinski definition) is 2. The van der Waals surface area contributed by atoms with Gasteiger partial charge in [-0.05, 0) is 60.5 Å². The van der Waals surface area contributed by atoms with Crippen LogP contribution in [0.15, 0.2) is 12.1 Å². The zero-order chi connectivity index (χ0) is 19.8. The molecule has 0 radical (unpaired) electrons. The predicted molar refractivity (Wildman–Crippen MR) is 113 cm³/mol. The summed E-state index contributed by atoms with van der Waals surface area (Å²) in [5.41, 5.74) is 2.55. The first-order valence-corrected chi connectivity index (χ1v) is 10.5. The Hall–Kier alpha value is -1.18. The summed E-state index contributed by atoms with van der Waals surface area (Å²) in [5.74, 6) is 0.207. The second-order valence-corrected chi connectivity index (χ2v) is 10.3. The molecular formula is C24H42O2. The predicted octanol–water partition coefficient (Wildman–Crippen LogP) is 7.40. The fourth-order valence-corrected chi connectivity index (χ4v) is 3.36. The van der Waals surface area contributed by atoms with Crippen LogP contribution in [0.2, 0.25) is 0 Å². The molecule has 0 saturated heterocycles. The smallest absolute Gasteiger partial charge is 0.160 e. The lowest BCUT2D eigenvalue weighted by atomic mass is 9.89. The van der Waals surface area contributed by atoms with Crippen molar-refractivity contribution in [2.45, 2.75) is 106 Å². The molecule has 0 spiro atoms. The summed E-state index contributed by atoms with van der Waals surface area (Å²) in [6.45, 7) is 13.6. The fourth-order valence-electron chi connectivity index (χ4n) is 3.36. The number of phenols is 2. The Balaban J connectivity index is 2.39. The van der Waals surface area contributed by atoms with Gasteiger partial charge in [0, 0.05) is 0 Å². The molecule has 150 valence electrons. The molecule has 0 aliphatic carbocycles. The Morgan fingerprint density at radius 3 is 1.35 bits per heavy atom. The number of benzene rings is 1. The van der Waals surface area contributed by atoms with Gasteiger partial charge in [0.2, 0.25) is 0 Å². The standard InChI is InChI=1S/C24H42O2/c1-23(2,3)17-11-8-7-9-13-19-15-16-20(22(26)21(19)25)14-10-12-18-24(4,5)6/h15-16,25-26H,7-14,17-18H2,1-6H3. The molecule has 0 fully saturated rings. The normalized spacial score (nSPS) is 12.5. The third kappa shape index (κ3) is 9.50. The molecule has 0 aromatic heterocycles. The Morgan fingerprint density at radius 2 is 0.923 bits per heavy atom. The molecule has 0 unspecified atom stereocenters. The Kier molecular flexibility index (Phi) is 9.00. The summed E-state index contributed by atoms with van der Waals surface area (Å²) in [5, 5.41) is 20.6. The Labute approximate surface area is 162 Å². The van der Waals surface area contributed by atoms with Crippen molar-refractivity contribution in [2.75, 3.05) is 0 Å². The minimum atomic E-state index is 0.103. The number of aromatic hydroxyl groups is 2. The number of rotatable bonds is 10. The molecule has 0 amide bonds. The zero-order valence-corrected chi connectivity index (χ0v) is 18.1. The van der Waals surface area contributed by atoms with Crippen molar-refractivity contribution in [2.24, 2.45) is 10.8 Å². The molecule has 0 heterocycles. The van der Waals surface area contributed by atoms with Gasteiger partial charge in [-0.3, -0.25) is 0 Å². The molecule has 1 aromatic rings. The van der Waals surface area contributed by atoms with E-state index in [0.29, 0.717) is 10.8 Å². The molecule has 2 N–H and O–H groups in total. The number of phenolic OH excluding ortho intramolecular Hbond substituents is 2. The molecule has 26 heavy (non-hydrogen) atoms. The Morgan fingerprint density at radius 1 is 0.577 bits per heavy atom. The molecule has 1 aromatic carbocycles. The van der Waals surface area contributed by atoms with Gasteiger partial charge in [0.05, 0.1) is 0 Å². The first kappa shape index (κ1) is 22.9. The molecule has 2 nitrogen and oxygen atoms in total. The van der Waals surface area contributed by atoms with Crippen molar-refractivity contribution in [3.63, 3.8) is 0 Å². The van der Waals surface area contributed by atoms with Crippen LogP contribution >= 0.6 is 0 Å². The highest BCUT2D eigenvalue weighted by atomic mass is 16.3. The maximum absolute atomic E-state index is 10.3. The molecule has 1 rings (SSSR count). The van der Waals surface area contributed by atoms with E-state index in [-0.39, 0.29) is 11.5 Å². The monoisotopic (exact) mass is 362 g/mol. The highest BCUT2D eigenvalue weighted by Crippen LogP contribution is 2.35. The van der Waals surface area contributed by atoms with Crippen molar-refractivity contribution in [1.29, 1.82) is 0 Å². The first-order chi connectivity index (χ1) is 12.0. The van der Waals surface area contributed by atoms with Crippen LogP contribution in [0.1, 0.15) is 104 Å². The van der Waals surface area contributed by atoms with E-state index in [9.17, 15) is 10.2 Å². The number of unbranched alkanes of at least 4 members (excludes halogenated alkanes) is 4. The van der Waals surface area contributed by atoms with Crippen LogP contribution in [-0.4, -0.2) is 10.2 Å². The van der Waals surface area contributed by atoms with Gasteiger partial charge in [0.15, 0.2) is 11.5 Å². The molecule has 0 aliphatic rings. The maximum Gasteiger partial charge on any atom is 0.160 e. The minimum Gasteiger partial charge on any atom is -0.504 e. The summed E-state index contributed by atoms with van der Waals surface area (Å²) >= 11 is 0. The quantitative estimate of drug-likeness (QED) is 0.336. The summed E-state index contributed by atoms with van der Waals surface area (Å²) in [4.78, 5) is 0. The van der Waals surface area contributed by atoms with Gasteiger partial charge < -0.3 is 10.2 Å². The van der Waals surface area contributed by atoms with E-state index in [4.69, 9.17) is 0 Å². The van der Waals surface area contributed by atoms with Gasteiger partial charge >= 0.3 is 0 Å². The SMILES string of the molecule is CC(C)(C)CCCCCCc1ccc(CCCCC(C)(C)C)c(O)c1O. The third-order valence-corrected chi connectivity index (χ3v) is 5.06. The fraction of sp³-hybridized carbons (Fsp3) is 0.750. The van der Waals surface area contributed by atoms with Crippen molar-refractivity contribution in [3.8, 4) is 11.5 Å². The lowest BCUT2D eigenvalue weighted by Gasteiger charge is -2.18. The van der Waals surface area contributed by atoms with Crippen LogP contribution in [0.4, 0.5) is 0 Å². The van der Waals surface area contributed by atoms with Gasteiger partial charge in [-0.25, -0.2) is 0 Å². The Bertz CT molecular complexity index is 532. The van der Waals surface area contributed by atoms with Crippen LogP contribution in [0, 0.1) is 10.8 Å². The van der Waals surface area contributed by atoms with E-state index < -0.39 is 0 Å². The van der Waals surface area contributed by atoms with Crippen molar-refractivity contribution < 1.29 is 10.2 Å². The molecule has 0 aliphatic heterocycles. The van der Waals surface area contributed by atoms with Crippen LogP contribution in [0.5, 0.6) is 11.5 Å². The topological polar surface area (TPSA) is 40.5 Å². The average molecular weight is 363 g/mol. The van der Waals surface area contributed by atoms with E-state index in [2.05, 4.69) is 41.5 Å². The van der Waals surface area contributed by atoms with E-state index in [0.717, 1.165) is 43.2 Å². The lowest BCUT2D eigenvalue weighted by Crippen LogP contribution is -2.04. The summed E-state index contributed by atoms with van der Waals surface area (Å²) in [6, 6.07) is 4.00. The highest BCUT2D eigenvalue weighted by molar-refractivity contribution is 5.50. The molecule has 2 heteroatoms. The number of aryl methyl sites for hydroxylation is 2. The van der Waals surface area contributed by atoms with Crippen molar-refractivity contribution in [3.05, 3.63) is 23.3 Å². The van der Waals surface area contributed by atoms with Crippen molar-refractivity contribution in [1.82, 2.24) is 0 Å². The van der Waals surface area contributed by atoms with Crippen LogP contribution in [0.3, 0.4) is 0 Å². The van der Waals surface area contributed by atoms with E-state index in [1.165, 1.54) is 32.1 Å². The van der Waals surface area contributed by atoms with E-state index in [1.807, 2.05) is 12.1 Å². The van der Waals surface area contributed by atoms with Gasteiger partial charge in [-0.1, -0.05) is 79.4 Å². The highest BCUT2D eigenvalue weighted by Gasteiger charge is 2.13. The summed E-state index contributed by atoms with van der Waals surface area (Å²) < 4.78 is 0. The van der Waals surface area contributed by atoms with Crippen LogP contribution in [-0.2, 0) is 12.8 Å². The summed E-state index contributed by atoms with van der Waals surface area (Å²) in [7, 11) is 0. The maximum atomic E-state index is 10.3. The van der Waals surface area contributed by atoms with Crippen LogP contribution < -0.4 is 0 Å². The molecule has 0 saturated carbocycles. The molecular weight excluding hydrogens is 320 g/mol. The third-order valence-electron chi connectivity index (χ3n) is 5.06. The second kappa shape index (κ2) is 10.2. The second-order valence-electron chi connectivity index (χ2n) is 10.3. The van der Waals surface area contributed by atoms with Gasteiger partial charge in [0.1, 0.15) is 0 Å². The van der Waals surface area contributed by atoms with Crippen LogP contribution in [0.25, 0.3) is 0 Å². The zero-order valence-electron chi connectivity index (χ0n) is 18.1. The minimum absolute atomic E-state index is 0.103. The molecule has 0 atom stereocenters. The lowest BCUT2D eigenvalue weighted by molar-refractivity contribution is 0.356. The largest absolute Gasteiger partial charge is 0.504 e. The first-order valence-electron chi connectivity index (χ1n) is 10.5. The number of hydrogen-bond acceptors (Lipinski definition) is 2. The summed E-state index contributed by atoms with van der Waals surface area (Å²) in [6.07, 6.45) is 11.1. The van der Waals surface area contributed by atoms with Gasteiger partial charge in [-0.2, -0.15) is 0 Å².